The van der Waals surface area contributed by atoms with Gasteiger partial charge in [0.25, 0.3) is 0 Å². The molecule has 0 heterocycles. The van der Waals surface area contributed by atoms with Crippen LogP contribution in [0.2, 0.25) is 0 Å². The maximum atomic E-state index is 13.5. The molecule has 0 saturated carbocycles. The molecule has 0 saturated heterocycles. The molecule has 1 aromatic rings. The van der Waals surface area contributed by atoms with Crippen molar-refractivity contribution in [3.63, 3.8) is 0 Å². The number of rotatable bonds is 3. The lowest BCUT2D eigenvalue weighted by Crippen LogP contribution is -2.19. The molecular formula is C11H15BrFN. The first kappa shape index (κ1) is 11.7. The standard InChI is InChI=1S/C11H15BrFN/c1-3-7(2)11(14)9-5-4-8(12)6-10(9)13/h4-7,11H,3,14H2,1-2H3. The van der Waals surface area contributed by atoms with Gasteiger partial charge in [-0.3, -0.25) is 0 Å². The van der Waals surface area contributed by atoms with E-state index in [0.717, 1.165) is 10.9 Å². The van der Waals surface area contributed by atoms with Gasteiger partial charge in [-0.2, -0.15) is 0 Å². The predicted octanol–water partition coefficient (Wildman–Crippen LogP) is 3.63. The summed E-state index contributed by atoms with van der Waals surface area (Å²) in [7, 11) is 0. The van der Waals surface area contributed by atoms with Crippen LogP contribution in [-0.4, -0.2) is 0 Å². The van der Waals surface area contributed by atoms with Gasteiger partial charge in [0.1, 0.15) is 5.82 Å². The molecule has 0 amide bonds. The fraction of sp³-hybridized carbons (Fsp3) is 0.455. The minimum atomic E-state index is -0.229. The van der Waals surface area contributed by atoms with E-state index in [4.69, 9.17) is 5.73 Å². The molecule has 0 aliphatic heterocycles. The summed E-state index contributed by atoms with van der Waals surface area (Å²) in [4.78, 5) is 0. The van der Waals surface area contributed by atoms with Crippen LogP contribution in [-0.2, 0) is 0 Å². The van der Waals surface area contributed by atoms with Gasteiger partial charge in [-0.15, -0.1) is 0 Å². The zero-order valence-corrected chi connectivity index (χ0v) is 10.0. The first-order chi connectivity index (χ1) is 6.56. The van der Waals surface area contributed by atoms with E-state index in [2.05, 4.69) is 22.9 Å². The normalized spacial score (nSPS) is 15.2. The van der Waals surface area contributed by atoms with Crippen molar-refractivity contribution < 1.29 is 4.39 Å². The molecule has 78 valence electrons. The molecule has 0 radical (unpaired) electrons. The average molecular weight is 260 g/mol. The van der Waals surface area contributed by atoms with Crippen molar-refractivity contribution in [3.05, 3.63) is 34.1 Å². The largest absolute Gasteiger partial charge is 0.324 e. The van der Waals surface area contributed by atoms with Crippen LogP contribution in [0.15, 0.2) is 22.7 Å². The third-order valence-electron chi connectivity index (χ3n) is 2.58. The van der Waals surface area contributed by atoms with Crippen LogP contribution in [0.5, 0.6) is 0 Å². The van der Waals surface area contributed by atoms with Crippen LogP contribution in [0, 0.1) is 11.7 Å². The Hall–Kier alpha value is -0.410. The molecule has 0 aliphatic rings. The molecule has 2 N–H and O–H groups in total. The summed E-state index contributed by atoms with van der Waals surface area (Å²) in [5.41, 5.74) is 6.54. The molecular weight excluding hydrogens is 245 g/mol. The van der Waals surface area contributed by atoms with E-state index in [1.54, 1.807) is 6.07 Å². The van der Waals surface area contributed by atoms with E-state index < -0.39 is 0 Å². The van der Waals surface area contributed by atoms with Crippen LogP contribution < -0.4 is 5.73 Å². The van der Waals surface area contributed by atoms with Crippen molar-refractivity contribution >= 4 is 15.9 Å². The molecule has 2 unspecified atom stereocenters. The first-order valence-corrected chi connectivity index (χ1v) is 5.56. The number of halogens is 2. The second-order valence-corrected chi connectivity index (χ2v) is 4.49. The number of benzene rings is 1. The fourth-order valence-electron chi connectivity index (χ4n) is 1.33. The Labute approximate surface area is 92.6 Å². The lowest BCUT2D eigenvalue weighted by atomic mass is 9.93. The molecule has 0 spiro atoms. The van der Waals surface area contributed by atoms with E-state index >= 15 is 0 Å². The minimum absolute atomic E-state index is 0.215. The van der Waals surface area contributed by atoms with Gasteiger partial charge in [-0.05, 0) is 18.1 Å². The smallest absolute Gasteiger partial charge is 0.129 e. The lowest BCUT2D eigenvalue weighted by molar-refractivity contribution is 0.439. The Balaban J connectivity index is 2.95. The molecule has 1 nitrogen and oxygen atoms in total. The highest BCUT2D eigenvalue weighted by Gasteiger charge is 2.16. The van der Waals surface area contributed by atoms with Crippen LogP contribution >= 0.6 is 15.9 Å². The Morgan fingerprint density at radius 2 is 2.14 bits per heavy atom. The molecule has 14 heavy (non-hydrogen) atoms. The van der Waals surface area contributed by atoms with E-state index in [0.29, 0.717) is 11.5 Å². The molecule has 0 aromatic heterocycles. The summed E-state index contributed by atoms with van der Waals surface area (Å²) in [5, 5.41) is 0. The second-order valence-electron chi connectivity index (χ2n) is 3.58. The Morgan fingerprint density at radius 1 is 1.50 bits per heavy atom. The summed E-state index contributed by atoms with van der Waals surface area (Å²) in [6.07, 6.45) is 0.955. The molecule has 0 bridgehead atoms. The van der Waals surface area contributed by atoms with Gasteiger partial charge in [-0.1, -0.05) is 42.3 Å². The number of hydrogen-bond acceptors (Lipinski definition) is 1. The molecule has 1 rings (SSSR count). The quantitative estimate of drug-likeness (QED) is 0.882. The van der Waals surface area contributed by atoms with Gasteiger partial charge in [0.15, 0.2) is 0 Å². The zero-order valence-electron chi connectivity index (χ0n) is 8.43. The zero-order chi connectivity index (χ0) is 10.7. The van der Waals surface area contributed by atoms with Crippen molar-refractivity contribution in [1.82, 2.24) is 0 Å². The van der Waals surface area contributed by atoms with E-state index in [-0.39, 0.29) is 11.9 Å². The number of hydrogen-bond donors (Lipinski definition) is 1. The van der Waals surface area contributed by atoms with Crippen molar-refractivity contribution in [2.24, 2.45) is 11.7 Å². The highest BCUT2D eigenvalue weighted by Crippen LogP contribution is 2.25. The van der Waals surface area contributed by atoms with Crippen molar-refractivity contribution in [2.75, 3.05) is 0 Å². The van der Waals surface area contributed by atoms with Gasteiger partial charge in [-0.25, -0.2) is 4.39 Å². The van der Waals surface area contributed by atoms with Gasteiger partial charge >= 0.3 is 0 Å². The minimum Gasteiger partial charge on any atom is -0.324 e. The summed E-state index contributed by atoms with van der Waals surface area (Å²) in [6, 6.07) is 4.81. The Morgan fingerprint density at radius 3 is 2.64 bits per heavy atom. The predicted molar refractivity (Wildman–Crippen MR) is 60.5 cm³/mol. The fourth-order valence-corrected chi connectivity index (χ4v) is 1.67. The maximum Gasteiger partial charge on any atom is 0.129 e. The highest BCUT2D eigenvalue weighted by atomic mass is 79.9. The highest BCUT2D eigenvalue weighted by molar-refractivity contribution is 9.10. The Bertz CT molecular complexity index is 314. The lowest BCUT2D eigenvalue weighted by Gasteiger charge is -2.19. The topological polar surface area (TPSA) is 26.0 Å². The van der Waals surface area contributed by atoms with Crippen molar-refractivity contribution in [2.45, 2.75) is 26.3 Å². The van der Waals surface area contributed by atoms with E-state index in [1.807, 2.05) is 13.0 Å². The summed E-state index contributed by atoms with van der Waals surface area (Å²) < 4.78 is 14.2. The van der Waals surface area contributed by atoms with Crippen LogP contribution in [0.4, 0.5) is 4.39 Å². The molecule has 0 aliphatic carbocycles. The van der Waals surface area contributed by atoms with Gasteiger partial charge in [0.05, 0.1) is 0 Å². The summed E-state index contributed by atoms with van der Waals surface area (Å²) in [5.74, 6) is 0.0675. The average Bonchev–Trinajstić information content (AvgIpc) is 2.15. The third kappa shape index (κ3) is 2.55. The molecule has 2 atom stereocenters. The number of nitrogens with two attached hydrogens (primary N) is 1. The second kappa shape index (κ2) is 4.89. The van der Waals surface area contributed by atoms with Crippen LogP contribution in [0.1, 0.15) is 31.9 Å². The van der Waals surface area contributed by atoms with Crippen molar-refractivity contribution in [3.8, 4) is 0 Å². The van der Waals surface area contributed by atoms with Gasteiger partial charge in [0, 0.05) is 16.1 Å². The van der Waals surface area contributed by atoms with Gasteiger partial charge in [0.2, 0.25) is 0 Å². The first-order valence-electron chi connectivity index (χ1n) is 4.76. The van der Waals surface area contributed by atoms with Crippen LogP contribution in [0.25, 0.3) is 0 Å². The molecule has 3 heteroatoms. The van der Waals surface area contributed by atoms with E-state index in [9.17, 15) is 4.39 Å². The summed E-state index contributed by atoms with van der Waals surface area (Å²) >= 11 is 3.22. The van der Waals surface area contributed by atoms with Gasteiger partial charge < -0.3 is 5.73 Å². The molecule has 1 aromatic carbocycles. The maximum absolute atomic E-state index is 13.5. The monoisotopic (exact) mass is 259 g/mol. The summed E-state index contributed by atoms with van der Waals surface area (Å²) in [6.45, 7) is 4.09. The Kier molecular flexibility index (Phi) is 4.08. The van der Waals surface area contributed by atoms with E-state index in [1.165, 1.54) is 6.07 Å². The SMILES string of the molecule is CCC(C)C(N)c1ccc(Br)cc1F. The molecule has 0 fully saturated rings. The third-order valence-corrected chi connectivity index (χ3v) is 3.07. The van der Waals surface area contributed by atoms with Crippen molar-refractivity contribution in [1.29, 1.82) is 0 Å². The van der Waals surface area contributed by atoms with Crippen LogP contribution in [0.3, 0.4) is 0 Å².